The zero-order chi connectivity index (χ0) is 16.8. The molecule has 3 rings (SSSR count). The molecule has 0 aliphatic heterocycles. The van der Waals surface area contributed by atoms with E-state index in [0.717, 1.165) is 11.3 Å². The number of aromatic nitrogens is 2. The molecule has 0 saturated heterocycles. The van der Waals surface area contributed by atoms with Gasteiger partial charge in [-0.25, -0.2) is 8.42 Å². The molecule has 120 valence electrons. The summed E-state index contributed by atoms with van der Waals surface area (Å²) in [7, 11) is -3.53. The van der Waals surface area contributed by atoms with Crippen LogP contribution >= 0.6 is 22.9 Å². The first-order valence-electron chi connectivity index (χ1n) is 6.59. The fraction of sp³-hybridized carbons (Fsp3) is 0.214. The van der Waals surface area contributed by atoms with Gasteiger partial charge in [0.2, 0.25) is 19.6 Å². The fourth-order valence-corrected chi connectivity index (χ4v) is 4.47. The van der Waals surface area contributed by atoms with Gasteiger partial charge in [-0.05, 0) is 32.0 Å². The number of hydrogen-bond acceptors (Lipinski definition) is 7. The number of nitrogens with zero attached hydrogens (tertiary/aromatic N) is 2. The maximum atomic E-state index is 12.5. The lowest BCUT2D eigenvalue weighted by Gasteiger charge is -2.01. The van der Waals surface area contributed by atoms with E-state index >= 15 is 0 Å². The van der Waals surface area contributed by atoms with Gasteiger partial charge in [0.25, 0.3) is 0 Å². The Balaban J connectivity index is 2.17. The van der Waals surface area contributed by atoms with E-state index in [1.54, 1.807) is 26.0 Å². The predicted octanol–water partition coefficient (Wildman–Crippen LogP) is 3.15. The highest BCUT2D eigenvalue weighted by molar-refractivity contribution is 7.93. The second kappa shape index (κ2) is 5.70. The Morgan fingerprint density at radius 2 is 2.00 bits per heavy atom. The monoisotopic (exact) mass is 370 g/mol. The molecule has 0 saturated carbocycles. The molecule has 23 heavy (non-hydrogen) atoms. The van der Waals surface area contributed by atoms with Gasteiger partial charge in [0.1, 0.15) is 11.8 Å². The summed E-state index contributed by atoms with van der Waals surface area (Å²) in [5.74, 6) is 0. The highest BCUT2D eigenvalue weighted by atomic mass is 35.5. The van der Waals surface area contributed by atoms with Crippen LogP contribution in [0.1, 0.15) is 13.8 Å². The van der Waals surface area contributed by atoms with Crippen molar-refractivity contribution < 1.29 is 12.8 Å². The van der Waals surface area contributed by atoms with E-state index in [0.29, 0.717) is 16.0 Å². The number of hydrogen-bond donors (Lipinski definition) is 0. The zero-order valence-electron chi connectivity index (χ0n) is 12.1. The largest absolute Gasteiger partial charge is 0.463 e. The molecular weight excluding hydrogens is 360 g/mol. The van der Waals surface area contributed by atoms with Crippen LogP contribution in [0.4, 0.5) is 0 Å². The molecule has 0 atom stereocenters. The summed E-state index contributed by atoms with van der Waals surface area (Å²) >= 11 is 6.75. The topological polar surface area (TPSA) is 90.1 Å². The molecule has 6 nitrogen and oxygen atoms in total. The standard InChI is InChI=1S/C14H11ClN2O4S2/c1-7(2)23(19,20)14-17-16-13(22-14)10-6-21-11-4-3-8(15)5-9(11)12(10)18/h3-7H,1-2H3. The minimum absolute atomic E-state index is 0.118. The molecule has 0 radical (unpaired) electrons. The van der Waals surface area contributed by atoms with Crippen LogP contribution in [0.15, 0.2) is 38.0 Å². The zero-order valence-corrected chi connectivity index (χ0v) is 14.5. The summed E-state index contributed by atoms with van der Waals surface area (Å²) in [5, 5.41) is 7.81. The Hall–Kier alpha value is -1.77. The SMILES string of the molecule is CC(C)S(=O)(=O)c1nnc(-c2coc3ccc(Cl)cc3c2=O)s1. The molecule has 0 aliphatic rings. The maximum absolute atomic E-state index is 12.5. The normalized spacial score (nSPS) is 12.2. The highest BCUT2D eigenvalue weighted by Gasteiger charge is 2.25. The smallest absolute Gasteiger partial charge is 0.233 e. The lowest BCUT2D eigenvalue weighted by molar-refractivity contribution is 0.585. The maximum Gasteiger partial charge on any atom is 0.233 e. The number of rotatable bonds is 3. The molecule has 0 unspecified atom stereocenters. The van der Waals surface area contributed by atoms with Gasteiger partial charge < -0.3 is 4.42 Å². The summed E-state index contributed by atoms with van der Waals surface area (Å²) in [5.41, 5.74) is 0.212. The number of halogens is 1. The second-order valence-electron chi connectivity index (χ2n) is 5.09. The third kappa shape index (κ3) is 2.77. The average molecular weight is 371 g/mol. The van der Waals surface area contributed by atoms with Crippen LogP contribution in [0.3, 0.4) is 0 Å². The molecule has 1 aromatic carbocycles. The molecule has 0 spiro atoms. The van der Waals surface area contributed by atoms with Gasteiger partial charge in [-0.3, -0.25) is 4.79 Å². The van der Waals surface area contributed by atoms with E-state index in [4.69, 9.17) is 16.0 Å². The van der Waals surface area contributed by atoms with Crippen LogP contribution in [0, 0.1) is 0 Å². The lowest BCUT2D eigenvalue weighted by atomic mass is 10.2. The summed E-state index contributed by atoms with van der Waals surface area (Å²) < 4.78 is 29.5. The van der Waals surface area contributed by atoms with Crippen molar-refractivity contribution in [2.24, 2.45) is 0 Å². The molecule has 2 aromatic heterocycles. The van der Waals surface area contributed by atoms with E-state index in [-0.39, 0.29) is 20.3 Å². The molecule has 9 heteroatoms. The van der Waals surface area contributed by atoms with Crippen molar-refractivity contribution in [3.63, 3.8) is 0 Å². The first kappa shape index (κ1) is 16.1. The molecule has 2 heterocycles. The Morgan fingerprint density at radius 3 is 2.70 bits per heavy atom. The fourth-order valence-electron chi connectivity index (χ4n) is 1.89. The van der Waals surface area contributed by atoms with Gasteiger partial charge in [0.15, 0.2) is 5.01 Å². The predicted molar refractivity (Wildman–Crippen MR) is 88.7 cm³/mol. The highest BCUT2D eigenvalue weighted by Crippen LogP contribution is 2.28. The van der Waals surface area contributed by atoms with Gasteiger partial charge >= 0.3 is 0 Å². The third-order valence-electron chi connectivity index (χ3n) is 3.24. The average Bonchev–Trinajstić information content (AvgIpc) is 2.98. The number of fused-ring (bicyclic) bond motifs is 1. The quantitative estimate of drug-likeness (QED) is 0.703. The first-order valence-corrected chi connectivity index (χ1v) is 9.33. The lowest BCUT2D eigenvalue weighted by Crippen LogP contribution is -2.13. The van der Waals surface area contributed by atoms with Gasteiger partial charge in [-0.2, -0.15) is 0 Å². The van der Waals surface area contributed by atoms with Crippen molar-refractivity contribution in [1.82, 2.24) is 10.2 Å². The van der Waals surface area contributed by atoms with Crippen molar-refractivity contribution in [2.75, 3.05) is 0 Å². The van der Waals surface area contributed by atoms with Crippen molar-refractivity contribution in [3.05, 3.63) is 39.7 Å². The van der Waals surface area contributed by atoms with E-state index in [9.17, 15) is 13.2 Å². The van der Waals surface area contributed by atoms with Gasteiger partial charge in [-0.15, -0.1) is 10.2 Å². The third-order valence-corrected chi connectivity index (χ3v) is 6.98. The van der Waals surface area contributed by atoms with Crippen LogP contribution in [-0.4, -0.2) is 23.9 Å². The van der Waals surface area contributed by atoms with Crippen LogP contribution in [0.2, 0.25) is 5.02 Å². The van der Waals surface area contributed by atoms with Crippen molar-refractivity contribution >= 4 is 43.7 Å². The summed E-state index contributed by atoms with van der Waals surface area (Å²) in [6, 6.07) is 4.71. The summed E-state index contributed by atoms with van der Waals surface area (Å²) in [4.78, 5) is 12.5. The Labute approximate surface area is 140 Å². The summed E-state index contributed by atoms with van der Waals surface area (Å²) in [6.07, 6.45) is 1.25. The van der Waals surface area contributed by atoms with Crippen LogP contribution < -0.4 is 5.43 Å². The van der Waals surface area contributed by atoms with E-state index in [1.165, 1.54) is 12.3 Å². The van der Waals surface area contributed by atoms with E-state index in [1.807, 2.05) is 0 Å². The van der Waals surface area contributed by atoms with E-state index < -0.39 is 15.1 Å². The molecule has 0 amide bonds. The minimum atomic E-state index is -3.53. The van der Waals surface area contributed by atoms with Crippen LogP contribution in [0.5, 0.6) is 0 Å². The minimum Gasteiger partial charge on any atom is -0.463 e. The molecule has 0 bridgehead atoms. The van der Waals surface area contributed by atoms with Crippen molar-refractivity contribution in [1.29, 1.82) is 0 Å². The molecule has 3 aromatic rings. The second-order valence-corrected chi connectivity index (χ2v) is 9.18. The van der Waals surface area contributed by atoms with Gasteiger partial charge in [-0.1, -0.05) is 22.9 Å². The Bertz CT molecular complexity index is 1050. The molecule has 0 aliphatic carbocycles. The van der Waals surface area contributed by atoms with Crippen LogP contribution in [0.25, 0.3) is 21.5 Å². The first-order chi connectivity index (χ1) is 10.8. The number of benzene rings is 1. The molecule has 0 N–H and O–H groups in total. The van der Waals surface area contributed by atoms with Gasteiger partial charge in [0.05, 0.1) is 16.2 Å². The van der Waals surface area contributed by atoms with Crippen molar-refractivity contribution in [3.8, 4) is 10.6 Å². The molecule has 0 fully saturated rings. The van der Waals surface area contributed by atoms with Gasteiger partial charge in [0, 0.05) is 5.02 Å². The Morgan fingerprint density at radius 1 is 1.26 bits per heavy atom. The van der Waals surface area contributed by atoms with Crippen LogP contribution in [-0.2, 0) is 9.84 Å². The number of sulfone groups is 1. The van der Waals surface area contributed by atoms with Crippen molar-refractivity contribution in [2.45, 2.75) is 23.4 Å². The summed E-state index contributed by atoms with van der Waals surface area (Å²) in [6.45, 7) is 3.12. The van der Waals surface area contributed by atoms with E-state index in [2.05, 4.69) is 10.2 Å². The Kier molecular flexibility index (Phi) is 3.99. The molecular formula is C14H11ClN2O4S2.